The molecule has 27 heavy (non-hydrogen) atoms. The lowest BCUT2D eigenvalue weighted by Gasteiger charge is -2.11. The van der Waals surface area contributed by atoms with Gasteiger partial charge in [0.1, 0.15) is 11.6 Å². The third-order valence-corrected chi connectivity index (χ3v) is 4.44. The first kappa shape index (κ1) is 19.1. The van der Waals surface area contributed by atoms with E-state index >= 15 is 0 Å². The number of rotatable bonds is 7. The quantitative estimate of drug-likeness (QED) is 0.496. The number of H-pyrrole nitrogens is 1. The van der Waals surface area contributed by atoms with Crippen LogP contribution >= 0.6 is 11.6 Å². The van der Waals surface area contributed by atoms with Gasteiger partial charge in [-0.1, -0.05) is 6.92 Å². The smallest absolute Gasteiger partial charge is 0.277 e. The summed E-state index contributed by atoms with van der Waals surface area (Å²) in [5.41, 5.74) is 1.73. The van der Waals surface area contributed by atoms with Gasteiger partial charge < -0.3 is 9.72 Å². The number of aryl methyl sites for hydroxylation is 2. The predicted octanol–water partition coefficient (Wildman–Crippen LogP) is 3.17. The SMILES string of the molecule is CCCc1nc(C)c2c(=O)[nH]c(-c3cc(C(=O)CCl)ccc3OCC)nn12. The maximum atomic E-state index is 12.7. The molecule has 0 amide bonds. The number of nitrogens with one attached hydrogen (secondary N) is 1. The molecule has 1 N–H and O–H groups in total. The zero-order chi connectivity index (χ0) is 19.6. The van der Waals surface area contributed by atoms with Crippen molar-refractivity contribution in [1.29, 1.82) is 0 Å². The van der Waals surface area contributed by atoms with Gasteiger partial charge in [-0.25, -0.2) is 9.50 Å². The van der Waals surface area contributed by atoms with E-state index < -0.39 is 0 Å². The monoisotopic (exact) mass is 388 g/mol. The van der Waals surface area contributed by atoms with Crippen LogP contribution in [0.4, 0.5) is 0 Å². The first-order chi connectivity index (χ1) is 13.0. The Morgan fingerprint density at radius 2 is 2.11 bits per heavy atom. The molecule has 0 saturated carbocycles. The van der Waals surface area contributed by atoms with Crippen LogP contribution in [0, 0.1) is 6.92 Å². The summed E-state index contributed by atoms with van der Waals surface area (Å²) in [5.74, 6) is 1.23. The number of hydrogen-bond donors (Lipinski definition) is 1. The first-order valence-electron chi connectivity index (χ1n) is 8.85. The number of aromatic nitrogens is 4. The number of nitrogens with zero attached hydrogens (tertiary/aromatic N) is 3. The third kappa shape index (κ3) is 3.60. The molecule has 3 rings (SSSR count). The van der Waals surface area contributed by atoms with E-state index in [-0.39, 0.29) is 17.2 Å². The second kappa shape index (κ2) is 7.92. The van der Waals surface area contributed by atoms with Crippen molar-refractivity contribution in [3.8, 4) is 17.1 Å². The molecule has 142 valence electrons. The number of benzene rings is 1. The van der Waals surface area contributed by atoms with Gasteiger partial charge in [-0.05, 0) is 38.5 Å². The summed E-state index contributed by atoms with van der Waals surface area (Å²) in [6, 6.07) is 4.98. The largest absolute Gasteiger partial charge is 0.493 e. The third-order valence-electron chi connectivity index (χ3n) is 4.19. The fourth-order valence-corrected chi connectivity index (χ4v) is 3.14. The summed E-state index contributed by atoms with van der Waals surface area (Å²) in [7, 11) is 0. The highest BCUT2D eigenvalue weighted by molar-refractivity contribution is 6.30. The number of Topliss-reactive ketones (excluding diaryl/α,β-unsaturated/α-hetero) is 1. The minimum absolute atomic E-state index is 0.127. The highest BCUT2D eigenvalue weighted by Gasteiger charge is 2.18. The summed E-state index contributed by atoms with van der Waals surface area (Å²) >= 11 is 5.68. The van der Waals surface area contributed by atoms with E-state index in [9.17, 15) is 9.59 Å². The van der Waals surface area contributed by atoms with Crippen LogP contribution in [-0.2, 0) is 6.42 Å². The number of alkyl halides is 1. The van der Waals surface area contributed by atoms with E-state index in [4.69, 9.17) is 16.3 Å². The van der Waals surface area contributed by atoms with E-state index in [1.54, 1.807) is 29.6 Å². The Bertz CT molecular complexity index is 1060. The number of carbonyl (C=O) groups is 1. The minimum Gasteiger partial charge on any atom is -0.493 e. The molecule has 0 fully saturated rings. The second-order valence-corrected chi connectivity index (χ2v) is 6.39. The molecule has 0 saturated heterocycles. The van der Waals surface area contributed by atoms with Crippen molar-refractivity contribution < 1.29 is 9.53 Å². The van der Waals surface area contributed by atoms with Gasteiger partial charge in [0.05, 0.1) is 23.7 Å². The van der Waals surface area contributed by atoms with Crippen LogP contribution in [0.2, 0.25) is 0 Å². The number of ketones is 1. The zero-order valence-corrected chi connectivity index (χ0v) is 16.3. The second-order valence-electron chi connectivity index (χ2n) is 6.13. The molecule has 2 aromatic heterocycles. The van der Waals surface area contributed by atoms with E-state index in [1.165, 1.54) is 0 Å². The Hall–Kier alpha value is -2.67. The molecule has 0 radical (unpaired) electrons. The highest BCUT2D eigenvalue weighted by atomic mass is 35.5. The average molecular weight is 389 g/mol. The fourth-order valence-electron chi connectivity index (χ4n) is 2.99. The van der Waals surface area contributed by atoms with Crippen molar-refractivity contribution >= 4 is 22.9 Å². The van der Waals surface area contributed by atoms with Crippen molar-refractivity contribution in [2.75, 3.05) is 12.5 Å². The van der Waals surface area contributed by atoms with Gasteiger partial charge in [0.2, 0.25) is 0 Å². The molecule has 7 nitrogen and oxygen atoms in total. The summed E-state index contributed by atoms with van der Waals surface area (Å²) in [6.07, 6.45) is 1.58. The molecule has 0 bridgehead atoms. The normalized spacial score (nSPS) is 11.1. The number of halogens is 1. The lowest BCUT2D eigenvalue weighted by molar-refractivity contribution is 0.102. The number of carbonyl (C=O) groups excluding carboxylic acids is 1. The van der Waals surface area contributed by atoms with Gasteiger partial charge in [-0.2, -0.15) is 0 Å². The Morgan fingerprint density at radius 1 is 1.33 bits per heavy atom. The van der Waals surface area contributed by atoms with Crippen molar-refractivity contribution in [3.05, 3.63) is 45.6 Å². The summed E-state index contributed by atoms with van der Waals surface area (Å²) in [5, 5.41) is 4.59. The molecule has 0 atom stereocenters. The lowest BCUT2D eigenvalue weighted by Crippen LogP contribution is -2.16. The number of ether oxygens (including phenoxy) is 1. The maximum Gasteiger partial charge on any atom is 0.277 e. The first-order valence-corrected chi connectivity index (χ1v) is 9.38. The average Bonchev–Trinajstić information content (AvgIpc) is 2.98. The Morgan fingerprint density at radius 3 is 2.78 bits per heavy atom. The molecule has 0 unspecified atom stereocenters. The molecular formula is C19H21ClN4O3. The van der Waals surface area contributed by atoms with E-state index in [1.807, 2.05) is 13.8 Å². The van der Waals surface area contributed by atoms with Gasteiger partial charge in [-0.15, -0.1) is 16.7 Å². The molecule has 1 aromatic carbocycles. The summed E-state index contributed by atoms with van der Waals surface area (Å²) in [6.45, 7) is 6.13. The molecular weight excluding hydrogens is 368 g/mol. The van der Waals surface area contributed by atoms with Crippen LogP contribution in [0.5, 0.6) is 5.75 Å². The van der Waals surface area contributed by atoms with E-state index in [0.717, 1.165) is 12.2 Å². The van der Waals surface area contributed by atoms with Crippen LogP contribution in [0.3, 0.4) is 0 Å². The molecule has 0 aliphatic rings. The summed E-state index contributed by atoms with van der Waals surface area (Å²) in [4.78, 5) is 31.9. The number of aromatic amines is 1. The molecule has 2 heterocycles. The Labute approximate surface area is 161 Å². The van der Waals surface area contributed by atoms with E-state index in [0.29, 0.717) is 46.9 Å². The lowest BCUT2D eigenvalue weighted by atomic mass is 10.1. The zero-order valence-electron chi connectivity index (χ0n) is 15.5. The predicted molar refractivity (Wildman–Crippen MR) is 104 cm³/mol. The van der Waals surface area contributed by atoms with Gasteiger partial charge in [0, 0.05) is 12.0 Å². The fraction of sp³-hybridized carbons (Fsp3) is 0.368. The maximum absolute atomic E-state index is 12.7. The van der Waals surface area contributed by atoms with Gasteiger partial charge >= 0.3 is 0 Å². The molecule has 0 spiro atoms. The standard InChI is InChI=1S/C19H21ClN4O3/c1-4-6-16-21-11(3)17-19(26)22-18(23-24(16)17)13-9-12(14(25)10-20)7-8-15(13)27-5-2/h7-9H,4-6,10H2,1-3H3,(H,22,23,26). The van der Waals surface area contributed by atoms with Gasteiger partial charge in [0.15, 0.2) is 17.1 Å². The molecule has 3 aromatic rings. The van der Waals surface area contributed by atoms with Crippen molar-refractivity contribution in [3.63, 3.8) is 0 Å². The van der Waals surface area contributed by atoms with Crippen LogP contribution in [0.25, 0.3) is 16.9 Å². The minimum atomic E-state index is -0.288. The molecule has 0 aliphatic carbocycles. The molecule has 8 heteroatoms. The molecule has 0 aliphatic heterocycles. The summed E-state index contributed by atoms with van der Waals surface area (Å²) < 4.78 is 7.25. The van der Waals surface area contributed by atoms with Crippen LogP contribution in [0.1, 0.15) is 42.1 Å². The Balaban J connectivity index is 2.26. The van der Waals surface area contributed by atoms with Gasteiger partial charge in [-0.3, -0.25) is 9.59 Å². The van der Waals surface area contributed by atoms with Crippen molar-refractivity contribution in [2.24, 2.45) is 0 Å². The highest BCUT2D eigenvalue weighted by Crippen LogP contribution is 2.29. The number of imidazole rings is 1. The number of hydrogen-bond acceptors (Lipinski definition) is 5. The van der Waals surface area contributed by atoms with Crippen molar-refractivity contribution in [1.82, 2.24) is 19.6 Å². The Kier molecular flexibility index (Phi) is 5.60. The topological polar surface area (TPSA) is 89.3 Å². The van der Waals surface area contributed by atoms with Gasteiger partial charge in [0.25, 0.3) is 5.56 Å². The van der Waals surface area contributed by atoms with Crippen LogP contribution in [-0.4, -0.2) is 37.9 Å². The number of fused-ring (bicyclic) bond motifs is 1. The van der Waals surface area contributed by atoms with Crippen LogP contribution < -0.4 is 10.3 Å². The van der Waals surface area contributed by atoms with Crippen molar-refractivity contribution in [2.45, 2.75) is 33.6 Å². The van der Waals surface area contributed by atoms with E-state index in [2.05, 4.69) is 15.1 Å². The van der Waals surface area contributed by atoms with Crippen LogP contribution in [0.15, 0.2) is 23.0 Å².